The number of fused-ring (bicyclic) bond motifs is 1. The minimum atomic E-state index is 0.0731. The monoisotopic (exact) mass is 371 g/mol. The third kappa shape index (κ3) is 3.51. The molecule has 0 radical (unpaired) electrons. The van der Waals surface area contributed by atoms with Gasteiger partial charge in [0.1, 0.15) is 0 Å². The number of benzene rings is 2. The number of para-hydroxylation sites is 1. The zero-order valence-corrected chi connectivity index (χ0v) is 15.3. The number of nitrogens with zero attached hydrogens (tertiary/aromatic N) is 2. The molecule has 1 atom stereocenters. The number of pyridine rings is 1. The molecule has 1 N–H and O–H groups in total. The second-order valence-electron chi connectivity index (χ2n) is 6.32. The highest BCUT2D eigenvalue weighted by atomic mass is 35.5. The van der Waals surface area contributed by atoms with Gasteiger partial charge in [-0.1, -0.05) is 47.5 Å². The molecule has 5 heteroatoms. The maximum Gasteiger partial charge on any atom is 0.0702 e. The van der Waals surface area contributed by atoms with E-state index in [2.05, 4.69) is 27.3 Å². The molecule has 1 unspecified atom stereocenters. The van der Waals surface area contributed by atoms with Gasteiger partial charge in [-0.2, -0.15) is 0 Å². The molecule has 0 spiro atoms. The number of hydrogen-bond donors (Lipinski definition) is 1. The first-order chi connectivity index (χ1) is 12.2. The van der Waals surface area contributed by atoms with Gasteiger partial charge in [-0.3, -0.25) is 9.88 Å². The van der Waals surface area contributed by atoms with E-state index in [1.54, 1.807) is 0 Å². The topological polar surface area (TPSA) is 28.2 Å². The number of nitrogens with one attached hydrogen (secondary N) is 1. The lowest BCUT2D eigenvalue weighted by Crippen LogP contribution is -2.45. The van der Waals surface area contributed by atoms with Crippen LogP contribution in [0.3, 0.4) is 0 Å². The van der Waals surface area contributed by atoms with Gasteiger partial charge in [0.05, 0.1) is 11.6 Å². The fourth-order valence-electron chi connectivity index (χ4n) is 3.49. The first kappa shape index (κ1) is 16.8. The van der Waals surface area contributed by atoms with Crippen LogP contribution >= 0.6 is 23.2 Å². The van der Waals surface area contributed by atoms with Gasteiger partial charge in [-0.25, -0.2) is 0 Å². The molecule has 1 fully saturated rings. The lowest BCUT2D eigenvalue weighted by atomic mass is 9.96. The second kappa shape index (κ2) is 7.30. The highest BCUT2D eigenvalue weighted by Crippen LogP contribution is 2.35. The van der Waals surface area contributed by atoms with Crippen LogP contribution in [0, 0.1) is 0 Å². The average Bonchev–Trinajstić information content (AvgIpc) is 2.64. The molecular formula is C20H19Cl2N3. The van der Waals surface area contributed by atoms with Crippen LogP contribution < -0.4 is 5.32 Å². The normalized spacial score (nSPS) is 16.9. The molecule has 3 aromatic rings. The van der Waals surface area contributed by atoms with Gasteiger partial charge in [0.25, 0.3) is 0 Å². The van der Waals surface area contributed by atoms with Crippen LogP contribution in [-0.2, 0) is 0 Å². The van der Waals surface area contributed by atoms with E-state index in [9.17, 15) is 0 Å². The van der Waals surface area contributed by atoms with Gasteiger partial charge >= 0.3 is 0 Å². The molecule has 1 saturated heterocycles. The Morgan fingerprint density at radius 3 is 2.60 bits per heavy atom. The molecular weight excluding hydrogens is 353 g/mol. The lowest BCUT2D eigenvalue weighted by molar-refractivity contribution is 0.198. The molecule has 0 bridgehead atoms. The third-order valence-corrected chi connectivity index (χ3v) is 5.26. The molecule has 0 amide bonds. The molecule has 3 nitrogen and oxygen atoms in total. The number of piperazine rings is 1. The molecule has 2 aromatic carbocycles. The van der Waals surface area contributed by atoms with Crippen LogP contribution in [0.25, 0.3) is 10.9 Å². The number of halogens is 2. The zero-order chi connectivity index (χ0) is 17.2. The van der Waals surface area contributed by atoms with Crippen molar-refractivity contribution in [1.82, 2.24) is 15.2 Å². The first-order valence-electron chi connectivity index (χ1n) is 8.47. The van der Waals surface area contributed by atoms with Crippen molar-refractivity contribution in [2.75, 3.05) is 26.2 Å². The summed E-state index contributed by atoms with van der Waals surface area (Å²) in [6, 6.07) is 16.3. The standard InChI is InChI=1S/C20H19Cl2N3/c21-16-5-6-17(18(22)12-16)20(25-9-7-23-8-10-25)15-11-14-3-1-2-4-19(14)24-13-15/h1-6,11-13,20,23H,7-10H2. The van der Waals surface area contributed by atoms with Crippen molar-refractivity contribution in [2.45, 2.75) is 6.04 Å². The van der Waals surface area contributed by atoms with Gasteiger partial charge in [-0.15, -0.1) is 0 Å². The van der Waals surface area contributed by atoms with E-state index < -0.39 is 0 Å². The van der Waals surface area contributed by atoms with Crippen molar-refractivity contribution >= 4 is 34.1 Å². The van der Waals surface area contributed by atoms with E-state index >= 15 is 0 Å². The summed E-state index contributed by atoms with van der Waals surface area (Å²) in [7, 11) is 0. The summed E-state index contributed by atoms with van der Waals surface area (Å²) >= 11 is 12.7. The van der Waals surface area contributed by atoms with Gasteiger partial charge in [-0.05, 0) is 35.4 Å². The Morgan fingerprint density at radius 1 is 1.00 bits per heavy atom. The fraction of sp³-hybridized carbons (Fsp3) is 0.250. The van der Waals surface area contributed by atoms with E-state index in [4.69, 9.17) is 23.2 Å². The minimum absolute atomic E-state index is 0.0731. The van der Waals surface area contributed by atoms with Gasteiger partial charge in [0.15, 0.2) is 0 Å². The van der Waals surface area contributed by atoms with Crippen molar-refractivity contribution in [3.05, 3.63) is 75.9 Å². The largest absolute Gasteiger partial charge is 0.314 e. The number of aromatic nitrogens is 1. The van der Waals surface area contributed by atoms with E-state index in [-0.39, 0.29) is 6.04 Å². The van der Waals surface area contributed by atoms with E-state index in [0.29, 0.717) is 10.0 Å². The van der Waals surface area contributed by atoms with Crippen LogP contribution in [0.5, 0.6) is 0 Å². The molecule has 1 aromatic heterocycles. The van der Waals surface area contributed by atoms with Crippen LogP contribution in [0.1, 0.15) is 17.2 Å². The van der Waals surface area contributed by atoms with Crippen LogP contribution in [0.15, 0.2) is 54.7 Å². The Morgan fingerprint density at radius 2 is 1.80 bits per heavy atom. The van der Waals surface area contributed by atoms with Crippen molar-refractivity contribution < 1.29 is 0 Å². The first-order valence-corrected chi connectivity index (χ1v) is 9.22. The molecule has 0 saturated carbocycles. The van der Waals surface area contributed by atoms with Gasteiger partial charge in [0, 0.05) is 47.8 Å². The van der Waals surface area contributed by atoms with Gasteiger partial charge < -0.3 is 5.32 Å². The Balaban J connectivity index is 1.83. The molecule has 1 aliphatic heterocycles. The Kier molecular flexibility index (Phi) is 4.91. The average molecular weight is 372 g/mol. The van der Waals surface area contributed by atoms with E-state index in [1.807, 2.05) is 42.6 Å². The summed E-state index contributed by atoms with van der Waals surface area (Å²) in [5.41, 5.74) is 3.24. The highest BCUT2D eigenvalue weighted by Gasteiger charge is 2.26. The lowest BCUT2D eigenvalue weighted by Gasteiger charge is -2.36. The molecule has 4 rings (SSSR count). The highest BCUT2D eigenvalue weighted by molar-refractivity contribution is 6.35. The Labute approximate surface area is 157 Å². The summed E-state index contributed by atoms with van der Waals surface area (Å²) < 4.78 is 0. The SMILES string of the molecule is Clc1ccc(C(c2cnc3ccccc3c2)N2CCNCC2)c(Cl)c1. The summed E-state index contributed by atoms with van der Waals surface area (Å²) in [4.78, 5) is 7.11. The van der Waals surface area contributed by atoms with E-state index in [1.165, 1.54) is 0 Å². The Bertz CT molecular complexity index is 891. The van der Waals surface area contributed by atoms with Crippen molar-refractivity contribution in [3.63, 3.8) is 0 Å². The van der Waals surface area contributed by atoms with Gasteiger partial charge in [0.2, 0.25) is 0 Å². The Hall–Kier alpha value is -1.65. The molecule has 2 heterocycles. The summed E-state index contributed by atoms with van der Waals surface area (Å²) in [6.45, 7) is 3.89. The fourth-order valence-corrected chi connectivity index (χ4v) is 4.00. The molecule has 25 heavy (non-hydrogen) atoms. The summed E-state index contributed by atoms with van der Waals surface area (Å²) in [6.07, 6.45) is 1.97. The molecule has 1 aliphatic rings. The number of hydrogen-bond acceptors (Lipinski definition) is 3. The maximum atomic E-state index is 6.56. The van der Waals surface area contributed by atoms with Crippen LogP contribution in [0.4, 0.5) is 0 Å². The maximum absolute atomic E-state index is 6.56. The predicted molar refractivity (Wildman–Crippen MR) is 104 cm³/mol. The summed E-state index contributed by atoms with van der Waals surface area (Å²) in [5, 5.41) is 5.91. The smallest absolute Gasteiger partial charge is 0.0702 e. The van der Waals surface area contributed by atoms with E-state index in [0.717, 1.165) is 48.2 Å². The third-order valence-electron chi connectivity index (χ3n) is 4.70. The van der Waals surface area contributed by atoms with Crippen molar-refractivity contribution in [3.8, 4) is 0 Å². The van der Waals surface area contributed by atoms with Crippen LogP contribution in [0.2, 0.25) is 10.0 Å². The summed E-state index contributed by atoms with van der Waals surface area (Å²) in [5.74, 6) is 0. The van der Waals surface area contributed by atoms with Crippen molar-refractivity contribution in [1.29, 1.82) is 0 Å². The van der Waals surface area contributed by atoms with Crippen molar-refractivity contribution in [2.24, 2.45) is 0 Å². The van der Waals surface area contributed by atoms with Crippen LogP contribution in [-0.4, -0.2) is 36.1 Å². The second-order valence-corrected chi connectivity index (χ2v) is 7.16. The quantitative estimate of drug-likeness (QED) is 0.732. The minimum Gasteiger partial charge on any atom is -0.314 e. The predicted octanol–water partition coefficient (Wildman–Crippen LogP) is 4.54. The molecule has 128 valence electrons. The zero-order valence-electron chi connectivity index (χ0n) is 13.8. The number of rotatable bonds is 3. The molecule has 0 aliphatic carbocycles.